The number of aliphatic carboxylic acids is 1. The zero-order valence-corrected chi connectivity index (χ0v) is 14.0. The molecule has 0 aliphatic rings. The Labute approximate surface area is 140 Å². The van der Waals surface area contributed by atoms with Crippen molar-refractivity contribution < 1.29 is 29.0 Å². The number of benzene rings is 1. The van der Waals surface area contributed by atoms with Gasteiger partial charge in [-0.15, -0.1) is 0 Å². The van der Waals surface area contributed by atoms with Crippen molar-refractivity contribution in [1.29, 1.82) is 0 Å². The molecule has 0 spiro atoms. The minimum Gasteiger partial charge on any atom is -0.480 e. The van der Waals surface area contributed by atoms with Crippen LogP contribution in [0.4, 0.5) is 4.79 Å². The number of esters is 1. The number of hydrogen-bond acceptors (Lipinski definition) is 6. The fraction of sp³-hybridized carbons (Fsp3) is 0.471. The van der Waals surface area contributed by atoms with Crippen molar-refractivity contribution in [2.24, 2.45) is 11.7 Å². The first-order valence-corrected chi connectivity index (χ1v) is 7.55. The van der Waals surface area contributed by atoms with Crippen molar-refractivity contribution in [3.8, 4) is 0 Å². The lowest BCUT2D eigenvalue weighted by Gasteiger charge is -2.21. The van der Waals surface area contributed by atoms with Gasteiger partial charge in [-0.1, -0.05) is 30.3 Å². The molecule has 7 nitrogen and oxygen atoms in total. The highest BCUT2D eigenvalue weighted by Gasteiger charge is 2.29. The van der Waals surface area contributed by atoms with E-state index in [0.29, 0.717) is 0 Å². The molecular formula is C17H23NO6. The van der Waals surface area contributed by atoms with Crippen molar-refractivity contribution in [2.75, 3.05) is 0 Å². The third-order valence-electron chi connectivity index (χ3n) is 3.09. The van der Waals surface area contributed by atoms with Crippen LogP contribution >= 0.6 is 0 Å². The predicted molar refractivity (Wildman–Crippen MR) is 86.2 cm³/mol. The molecular weight excluding hydrogens is 314 g/mol. The minimum atomic E-state index is -1.23. The summed E-state index contributed by atoms with van der Waals surface area (Å²) in [6.07, 6.45) is -1.05. The first-order chi connectivity index (χ1) is 11.1. The van der Waals surface area contributed by atoms with Gasteiger partial charge in [0.25, 0.3) is 0 Å². The van der Waals surface area contributed by atoms with E-state index in [1.807, 2.05) is 6.07 Å². The van der Waals surface area contributed by atoms with Gasteiger partial charge in [0.05, 0.1) is 5.92 Å². The van der Waals surface area contributed by atoms with Gasteiger partial charge in [-0.3, -0.25) is 9.59 Å². The third kappa shape index (κ3) is 7.23. The van der Waals surface area contributed by atoms with Crippen LogP contribution in [0.5, 0.6) is 0 Å². The van der Waals surface area contributed by atoms with Crippen LogP contribution in [-0.2, 0) is 25.5 Å². The summed E-state index contributed by atoms with van der Waals surface area (Å²) >= 11 is 0. The van der Waals surface area contributed by atoms with Gasteiger partial charge in [-0.05, 0) is 39.2 Å². The molecule has 1 rings (SSSR count). The summed E-state index contributed by atoms with van der Waals surface area (Å²) in [5.74, 6) is -2.95. The lowest BCUT2D eigenvalue weighted by Crippen LogP contribution is -2.36. The molecule has 1 aromatic carbocycles. The van der Waals surface area contributed by atoms with Crippen LogP contribution in [0.15, 0.2) is 30.3 Å². The molecule has 0 aromatic heterocycles. The molecule has 0 radical (unpaired) electrons. The SMILES string of the molecule is CC(C)(C)OC(=O)OC(=O)C(Cc1ccccc1)C[C@H](N)C(=O)O. The second-order valence-electron chi connectivity index (χ2n) is 6.45. The Bertz CT molecular complexity index is 578. The van der Waals surface area contributed by atoms with Gasteiger partial charge in [0.1, 0.15) is 11.6 Å². The van der Waals surface area contributed by atoms with E-state index >= 15 is 0 Å². The van der Waals surface area contributed by atoms with Crippen LogP contribution in [0.1, 0.15) is 32.8 Å². The van der Waals surface area contributed by atoms with Gasteiger partial charge in [0.2, 0.25) is 0 Å². The fourth-order valence-electron chi connectivity index (χ4n) is 2.01. The number of carbonyl (C=O) groups is 3. The van der Waals surface area contributed by atoms with Crippen LogP contribution in [0.25, 0.3) is 0 Å². The van der Waals surface area contributed by atoms with E-state index in [0.717, 1.165) is 5.56 Å². The second kappa shape index (κ2) is 8.44. The third-order valence-corrected chi connectivity index (χ3v) is 3.09. The molecule has 0 saturated heterocycles. The van der Waals surface area contributed by atoms with E-state index in [-0.39, 0.29) is 12.8 Å². The summed E-state index contributed by atoms with van der Waals surface area (Å²) in [5.41, 5.74) is 5.52. The van der Waals surface area contributed by atoms with Crippen LogP contribution in [-0.4, -0.2) is 34.8 Å². The Morgan fingerprint density at radius 1 is 1.17 bits per heavy atom. The number of hydrogen-bond donors (Lipinski definition) is 2. The molecule has 0 amide bonds. The second-order valence-corrected chi connectivity index (χ2v) is 6.45. The van der Waals surface area contributed by atoms with E-state index in [1.165, 1.54) is 0 Å². The Hall–Kier alpha value is -2.41. The molecule has 0 saturated carbocycles. The Morgan fingerprint density at radius 2 is 1.75 bits per heavy atom. The van der Waals surface area contributed by atoms with Crippen LogP contribution in [0.3, 0.4) is 0 Å². The van der Waals surface area contributed by atoms with E-state index in [9.17, 15) is 14.4 Å². The monoisotopic (exact) mass is 337 g/mol. The van der Waals surface area contributed by atoms with Crippen molar-refractivity contribution in [3.05, 3.63) is 35.9 Å². The maximum atomic E-state index is 12.2. The van der Waals surface area contributed by atoms with Crippen LogP contribution in [0, 0.1) is 5.92 Å². The van der Waals surface area contributed by atoms with Crippen molar-refractivity contribution >= 4 is 18.1 Å². The number of nitrogens with two attached hydrogens (primary N) is 1. The van der Waals surface area contributed by atoms with Gasteiger partial charge in [0, 0.05) is 0 Å². The molecule has 0 fully saturated rings. The normalized spacial score (nSPS) is 13.7. The summed E-state index contributed by atoms with van der Waals surface area (Å²) < 4.78 is 9.62. The topological polar surface area (TPSA) is 116 Å². The highest BCUT2D eigenvalue weighted by atomic mass is 16.7. The molecule has 2 atom stereocenters. The largest absolute Gasteiger partial charge is 0.516 e. The molecule has 0 bridgehead atoms. The van der Waals surface area contributed by atoms with Gasteiger partial charge >= 0.3 is 18.1 Å². The molecule has 0 aliphatic heterocycles. The summed E-state index contributed by atoms with van der Waals surface area (Å²) in [7, 11) is 0. The van der Waals surface area contributed by atoms with Gasteiger partial charge in [-0.25, -0.2) is 4.79 Å². The van der Waals surface area contributed by atoms with Crippen molar-refractivity contribution in [2.45, 2.75) is 45.3 Å². The van der Waals surface area contributed by atoms with Crippen molar-refractivity contribution in [3.63, 3.8) is 0 Å². The molecule has 1 unspecified atom stereocenters. The Morgan fingerprint density at radius 3 is 2.25 bits per heavy atom. The van der Waals surface area contributed by atoms with E-state index < -0.39 is 35.7 Å². The molecule has 3 N–H and O–H groups in total. The van der Waals surface area contributed by atoms with Gasteiger partial charge < -0.3 is 20.3 Å². The highest BCUT2D eigenvalue weighted by Crippen LogP contribution is 2.17. The number of carboxylic acids is 1. The molecule has 132 valence electrons. The summed E-state index contributed by atoms with van der Waals surface area (Å²) in [6.45, 7) is 4.92. The number of ether oxygens (including phenoxy) is 2. The maximum absolute atomic E-state index is 12.2. The van der Waals surface area contributed by atoms with Crippen LogP contribution < -0.4 is 5.73 Å². The quantitative estimate of drug-likeness (QED) is 0.603. The number of carboxylic acid groups (broad SMARTS) is 1. The smallest absolute Gasteiger partial charge is 0.480 e. The number of carbonyl (C=O) groups excluding carboxylic acids is 2. The lowest BCUT2D eigenvalue weighted by molar-refractivity contribution is -0.147. The van der Waals surface area contributed by atoms with Crippen molar-refractivity contribution in [1.82, 2.24) is 0 Å². The maximum Gasteiger partial charge on any atom is 0.516 e. The standard InChI is InChI=1S/C17H23NO6/c1-17(2,3)24-16(22)23-15(21)12(10-13(18)14(19)20)9-11-7-5-4-6-8-11/h4-8,12-13H,9-10,18H2,1-3H3,(H,19,20)/t12?,13-/m0/s1. The Kier molecular flexibility index (Phi) is 6.91. The molecule has 1 aromatic rings. The van der Waals surface area contributed by atoms with Gasteiger partial charge in [-0.2, -0.15) is 0 Å². The average molecular weight is 337 g/mol. The zero-order chi connectivity index (χ0) is 18.3. The van der Waals surface area contributed by atoms with E-state index in [1.54, 1.807) is 45.0 Å². The number of rotatable bonds is 6. The Balaban J connectivity index is 2.81. The van der Waals surface area contributed by atoms with E-state index in [2.05, 4.69) is 0 Å². The average Bonchev–Trinajstić information content (AvgIpc) is 2.45. The summed E-state index contributed by atoms with van der Waals surface area (Å²) in [4.78, 5) is 34.8. The molecule has 0 heterocycles. The zero-order valence-electron chi connectivity index (χ0n) is 14.0. The first-order valence-electron chi connectivity index (χ1n) is 7.55. The first kappa shape index (κ1) is 19.6. The molecule has 7 heteroatoms. The minimum absolute atomic E-state index is 0.147. The van der Waals surface area contributed by atoms with Gasteiger partial charge in [0.15, 0.2) is 0 Å². The fourth-order valence-corrected chi connectivity index (χ4v) is 2.01. The molecule has 0 aliphatic carbocycles. The van der Waals surface area contributed by atoms with Crippen LogP contribution in [0.2, 0.25) is 0 Å². The summed E-state index contributed by atoms with van der Waals surface area (Å²) in [5, 5.41) is 8.94. The highest BCUT2D eigenvalue weighted by molar-refractivity contribution is 5.84. The summed E-state index contributed by atoms with van der Waals surface area (Å²) in [6, 6.07) is 7.76. The molecule has 24 heavy (non-hydrogen) atoms. The predicted octanol–water partition coefficient (Wildman–Crippen LogP) is 2.13. The van der Waals surface area contributed by atoms with E-state index in [4.69, 9.17) is 20.3 Å². The lowest BCUT2D eigenvalue weighted by atomic mass is 9.93.